The Bertz CT molecular complexity index is 313. The number of rotatable bonds is 4. The van der Waals surface area contributed by atoms with Crippen molar-refractivity contribution in [2.45, 2.75) is 31.5 Å². The quantitative estimate of drug-likeness (QED) is 0.796. The molecule has 0 saturated carbocycles. The van der Waals surface area contributed by atoms with Crippen LogP contribution in [0.4, 0.5) is 13.2 Å². The van der Waals surface area contributed by atoms with Gasteiger partial charge in [0.2, 0.25) is 0 Å². The van der Waals surface area contributed by atoms with Crippen LogP contribution in [-0.2, 0) is 14.3 Å². The Hall–Kier alpha value is -1.31. The third-order valence-electron chi connectivity index (χ3n) is 2.77. The first-order chi connectivity index (χ1) is 8.30. The molecule has 1 heterocycles. The third kappa shape index (κ3) is 4.52. The highest BCUT2D eigenvalue weighted by atomic mass is 19.4. The van der Waals surface area contributed by atoms with E-state index in [1.807, 2.05) is 0 Å². The van der Waals surface area contributed by atoms with E-state index in [0.29, 0.717) is 26.1 Å². The predicted octanol–water partition coefficient (Wildman–Crippen LogP) is 0.935. The van der Waals surface area contributed by atoms with Crippen LogP contribution in [0.15, 0.2) is 0 Å². The summed E-state index contributed by atoms with van der Waals surface area (Å²) in [5.41, 5.74) is 0. The second-order valence-corrected chi connectivity index (χ2v) is 4.15. The maximum atomic E-state index is 12.0. The van der Waals surface area contributed by atoms with E-state index < -0.39 is 24.1 Å². The minimum atomic E-state index is -5.07. The van der Waals surface area contributed by atoms with Crippen molar-refractivity contribution in [3.8, 4) is 0 Å². The van der Waals surface area contributed by atoms with Crippen LogP contribution in [0.2, 0.25) is 0 Å². The van der Waals surface area contributed by atoms with Crippen LogP contribution >= 0.6 is 0 Å². The number of halogens is 3. The van der Waals surface area contributed by atoms with E-state index in [9.17, 15) is 22.8 Å². The lowest BCUT2D eigenvalue weighted by Gasteiger charge is -2.25. The van der Waals surface area contributed by atoms with Crippen molar-refractivity contribution < 1.29 is 32.6 Å². The normalized spacial score (nSPS) is 19.3. The van der Waals surface area contributed by atoms with Gasteiger partial charge in [0.15, 0.2) is 0 Å². The highest BCUT2D eigenvalue weighted by Crippen LogP contribution is 2.21. The largest absolute Gasteiger partial charge is 0.480 e. The summed E-state index contributed by atoms with van der Waals surface area (Å²) >= 11 is 0. The Kier molecular flexibility index (Phi) is 4.94. The second kappa shape index (κ2) is 6.03. The van der Waals surface area contributed by atoms with E-state index >= 15 is 0 Å². The maximum Gasteiger partial charge on any atom is 0.471 e. The van der Waals surface area contributed by atoms with Gasteiger partial charge in [-0.25, -0.2) is 4.79 Å². The lowest BCUT2D eigenvalue weighted by molar-refractivity contribution is -0.175. The molecule has 1 fully saturated rings. The molecule has 0 aromatic rings. The van der Waals surface area contributed by atoms with E-state index in [0.717, 1.165) is 0 Å². The van der Waals surface area contributed by atoms with E-state index in [1.165, 1.54) is 5.32 Å². The number of aliphatic carboxylic acids is 1. The Balaban J connectivity index is 2.54. The molecular weight excluding hydrogens is 255 g/mol. The highest BCUT2D eigenvalue weighted by Gasteiger charge is 2.41. The fraction of sp³-hybridized carbons (Fsp3) is 0.800. The molecule has 0 bridgehead atoms. The molecule has 1 saturated heterocycles. The van der Waals surface area contributed by atoms with Crippen LogP contribution in [-0.4, -0.2) is 42.4 Å². The number of carboxylic acid groups (broad SMARTS) is 1. The minimum Gasteiger partial charge on any atom is -0.480 e. The van der Waals surface area contributed by atoms with Gasteiger partial charge >= 0.3 is 18.1 Å². The van der Waals surface area contributed by atoms with E-state index in [-0.39, 0.29) is 12.3 Å². The van der Waals surface area contributed by atoms with Gasteiger partial charge in [-0.3, -0.25) is 4.79 Å². The summed E-state index contributed by atoms with van der Waals surface area (Å²) in [7, 11) is 0. The van der Waals surface area contributed by atoms with Crippen molar-refractivity contribution in [3.05, 3.63) is 0 Å². The van der Waals surface area contributed by atoms with Gasteiger partial charge in [0, 0.05) is 13.2 Å². The lowest BCUT2D eigenvalue weighted by Crippen LogP contribution is -2.47. The molecule has 1 rings (SSSR count). The van der Waals surface area contributed by atoms with Crippen LogP contribution in [0, 0.1) is 5.92 Å². The van der Waals surface area contributed by atoms with Crippen LogP contribution in [0.25, 0.3) is 0 Å². The first kappa shape index (κ1) is 14.7. The average Bonchev–Trinajstić information content (AvgIpc) is 2.28. The van der Waals surface area contributed by atoms with Gasteiger partial charge < -0.3 is 15.2 Å². The summed E-state index contributed by atoms with van der Waals surface area (Å²) < 4.78 is 41.1. The predicted molar refractivity (Wildman–Crippen MR) is 53.8 cm³/mol. The molecule has 8 heteroatoms. The summed E-state index contributed by atoms with van der Waals surface area (Å²) in [5, 5.41) is 10.3. The average molecular weight is 269 g/mol. The molecule has 18 heavy (non-hydrogen) atoms. The van der Waals surface area contributed by atoms with E-state index in [1.54, 1.807) is 0 Å². The molecule has 0 spiro atoms. The Morgan fingerprint density at radius 2 is 1.89 bits per heavy atom. The van der Waals surface area contributed by atoms with E-state index in [4.69, 9.17) is 9.84 Å². The zero-order valence-corrected chi connectivity index (χ0v) is 9.50. The molecule has 1 aliphatic heterocycles. The molecule has 0 unspecified atom stereocenters. The summed E-state index contributed by atoms with van der Waals surface area (Å²) in [4.78, 5) is 21.5. The summed E-state index contributed by atoms with van der Waals surface area (Å²) in [6, 6.07) is -1.51. The van der Waals surface area contributed by atoms with Crippen LogP contribution in [0.1, 0.15) is 19.3 Å². The SMILES string of the molecule is O=C(O)[C@@H](CC1CCOCC1)NC(=O)C(F)(F)F. The van der Waals surface area contributed by atoms with Gasteiger partial charge in [-0.2, -0.15) is 13.2 Å². The molecule has 0 aromatic heterocycles. The van der Waals surface area contributed by atoms with Gasteiger partial charge in [-0.05, 0) is 25.2 Å². The van der Waals surface area contributed by atoms with Crippen LogP contribution in [0.3, 0.4) is 0 Å². The molecule has 1 atom stereocenters. The lowest BCUT2D eigenvalue weighted by atomic mass is 9.92. The number of ether oxygens (including phenoxy) is 1. The number of nitrogens with one attached hydrogen (secondary N) is 1. The second-order valence-electron chi connectivity index (χ2n) is 4.15. The van der Waals surface area contributed by atoms with Gasteiger partial charge in [-0.15, -0.1) is 0 Å². The number of hydrogen-bond acceptors (Lipinski definition) is 3. The first-order valence-corrected chi connectivity index (χ1v) is 5.49. The number of alkyl halides is 3. The number of amides is 1. The van der Waals surface area contributed by atoms with E-state index in [2.05, 4.69) is 0 Å². The fourth-order valence-electron chi connectivity index (χ4n) is 1.78. The molecule has 1 aliphatic rings. The number of hydrogen-bond donors (Lipinski definition) is 2. The molecule has 2 N–H and O–H groups in total. The number of carboxylic acids is 1. The van der Waals surface area contributed by atoms with Crippen molar-refractivity contribution in [1.29, 1.82) is 0 Å². The Morgan fingerprint density at radius 3 is 2.33 bits per heavy atom. The summed E-state index contributed by atoms with van der Waals surface area (Å²) in [6.07, 6.45) is -3.90. The summed E-state index contributed by atoms with van der Waals surface area (Å²) in [6.45, 7) is 0.925. The summed E-state index contributed by atoms with van der Waals surface area (Å²) in [5.74, 6) is -3.73. The van der Waals surface area contributed by atoms with Crippen LogP contribution in [0.5, 0.6) is 0 Å². The van der Waals surface area contributed by atoms with Crippen molar-refractivity contribution >= 4 is 11.9 Å². The van der Waals surface area contributed by atoms with Gasteiger partial charge in [0.05, 0.1) is 0 Å². The Morgan fingerprint density at radius 1 is 1.33 bits per heavy atom. The smallest absolute Gasteiger partial charge is 0.471 e. The molecular formula is C10H14F3NO4. The van der Waals surface area contributed by atoms with Crippen molar-refractivity contribution in [3.63, 3.8) is 0 Å². The molecule has 0 aromatic carbocycles. The topological polar surface area (TPSA) is 75.6 Å². The van der Waals surface area contributed by atoms with Crippen molar-refractivity contribution in [2.24, 2.45) is 5.92 Å². The Labute approximate surface area is 101 Å². The third-order valence-corrected chi connectivity index (χ3v) is 2.77. The minimum absolute atomic E-state index is 0.0134. The molecule has 104 valence electrons. The maximum absolute atomic E-state index is 12.0. The standard InChI is InChI=1S/C10H14F3NO4/c11-10(12,13)9(17)14-7(8(15)16)5-6-1-3-18-4-2-6/h6-7H,1-5H2,(H,14,17)(H,15,16)/t7-/m1/s1. The fourth-order valence-corrected chi connectivity index (χ4v) is 1.78. The number of carbonyl (C=O) groups excluding carboxylic acids is 1. The zero-order chi connectivity index (χ0) is 13.8. The van der Waals surface area contributed by atoms with Crippen molar-refractivity contribution in [2.75, 3.05) is 13.2 Å². The highest BCUT2D eigenvalue weighted by molar-refractivity contribution is 5.86. The first-order valence-electron chi connectivity index (χ1n) is 5.49. The van der Waals surface area contributed by atoms with Crippen molar-refractivity contribution in [1.82, 2.24) is 5.32 Å². The van der Waals surface area contributed by atoms with Gasteiger partial charge in [-0.1, -0.05) is 0 Å². The van der Waals surface area contributed by atoms with Gasteiger partial charge in [0.1, 0.15) is 6.04 Å². The number of carbonyl (C=O) groups is 2. The van der Waals surface area contributed by atoms with Crippen LogP contribution < -0.4 is 5.32 Å². The van der Waals surface area contributed by atoms with Gasteiger partial charge in [0.25, 0.3) is 0 Å². The molecule has 5 nitrogen and oxygen atoms in total. The zero-order valence-electron chi connectivity index (χ0n) is 9.50. The molecule has 0 aliphatic carbocycles. The molecule has 0 radical (unpaired) electrons. The monoisotopic (exact) mass is 269 g/mol. The molecule has 1 amide bonds.